The Morgan fingerprint density at radius 3 is 2.47 bits per heavy atom. The van der Waals surface area contributed by atoms with Crippen LogP contribution in [0.5, 0.6) is 0 Å². The molecule has 3 nitrogen and oxygen atoms in total. The van der Waals surface area contributed by atoms with Gasteiger partial charge in [-0.3, -0.25) is 4.57 Å². The predicted molar refractivity (Wildman–Crippen MR) is 79.0 cm³/mol. The Kier molecular flexibility index (Phi) is 3.05. The van der Waals surface area contributed by atoms with Crippen molar-refractivity contribution < 1.29 is 0 Å². The van der Waals surface area contributed by atoms with E-state index in [9.17, 15) is 0 Å². The number of hydrogen-bond donors (Lipinski definition) is 1. The highest BCUT2D eigenvalue weighted by molar-refractivity contribution is 5.45. The minimum absolute atomic E-state index is 0.572. The number of hydrogen-bond acceptors (Lipinski definition) is 2. The van der Waals surface area contributed by atoms with Gasteiger partial charge < -0.3 is 5.32 Å². The lowest BCUT2D eigenvalue weighted by molar-refractivity contribution is 0.865. The van der Waals surface area contributed by atoms with Crippen molar-refractivity contribution in [2.75, 3.05) is 5.32 Å². The summed E-state index contributed by atoms with van der Waals surface area (Å²) in [4.78, 5) is 4.58. The Labute approximate surface area is 114 Å². The summed E-state index contributed by atoms with van der Waals surface area (Å²) in [6, 6.07) is 9.38. The smallest absolute Gasteiger partial charge is 0.207 e. The van der Waals surface area contributed by atoms with E-state index in [4.69, 9.17) is 0 Å². The normalized spacial score (nSPS) is 14.9. The molecule has 2 aromatic rings. The summed E-state index contributed by atoms with van der Waals surface area (Å²) in [6.45, 7) is 6.48. The van der Waals surface area contributed by atoms with Gasteiger partial charge in [-0.1, -0.05) is 26.0 Å². The molecule has 0 atom stereocenters. The van der Waals surface area contributed by atoms with Gasteiger partial charge in [0.2, 0.25) is 5.95 Å². The summed E-state index contributed by atoms with van der Waals surface area (Å²) in [7, 11) is 0. The van der Waals surface area contributed by atoms with E-state index in [0.29, 0.717) is 12.0 Å². The molecule has 0 saturated heterocycles. The first kappa shape index (κ1) is 12.3. The Morgan fingerprint density at radius 1 is 1.21 bits per heavy atom. The van der Waals surface area contributed by atoms with Crippen molar-refractivity contribution in [3.8, 4) is 5.69 Å². The third-order valence-corrected chi connectivity index (χ3v) is 3.57. The Balaban J connectivity index is 1.91. The first-order chi connectivity index (χ1) is 9.13. The molecule has 0 aliphatic heterocycles. The molecule has 1 aromatic heterocycles. The van der Waals surface area contributed by atoms with E-state index in [1.807, 2.05) is 6.92 Å². The van der Waals surface area contributed by atoms with Crippen LogP contribution in [0.1, 0.15) is 43.9 Å². The third kappa shape index (κ3) is 2.65. The maximum absolute atomic E-state index is 4.58. The zero-order valence-electron chi connectivity index (χ0n) is 11.9. The number of nitrogens with one attached hydrogen (secondary N) is 1. The lowest BCUT2D eigenvalue weighted by Crippen LogP contribution is -2.07. The highest BCUT2D eigenvalue weighted by atomic mass is 15.2. The molecule has 3 heteroatoms. The van der Waals surface area contributed by atoms with Crippen LogP contribution in [0.2, 0.25) is 0 Å². The van der Waals surface area contributed by atoms with Crippen molar-refractivity contribution in [1.29, 1.82) is 0 Å². The molecule has 19 heavy (non-hydrogen) atoms. The Morgan fingerprint density at radius 2 is 1.89 bits per heavy atom. The van der Waals surface area contributed by atoms with Crippen LogP contribution in [0, 0.1) is 6.92 Å². The molecule has 0 amide bonds. The SMILES string of the molecule is Cc1cn(-c2ccc(C(C)C)cc2)c(NC2CC2)n1. The van der Waals surface area contributed by atoms with E-state index >= 15 is 0 Å². The summed E-state index contributed by atoms with van der Waals surface area (Å²) < 4.78 is 2.15. The van der Waals surface area contributed by atoms with Crippen molar-refractivity contribution in [3.63, 3.8) is 0 Å². The van der Waals surface area contributed by atoms with Crippen LogP contribution in [-0.2, 0) is 0 Å². The average molecular weight is 255 g/mol. The third-order valence-electron chi connectivity index (χ3n) is 3.57. The molecule has 1 aromatic carbocycles. The number of rotatable bonds is 4. The van der Waals surface area contributed by atoms with Gasteiger partial charge in [0.05, 0.1) is 5.69 Å². The second-order valence-corrected chi connectivity index (χ2v) is 5.74. The molecule has 100 valence electrons. The maximum atomic E-state index is 4.58. The van der Waals surface area contributed by atoms with Gasteiger partial charge in [-0.2, -0.15) is 0 Å². The van der Waals surface area contributed by atoms with Gasteiger partial charge >= 0.3 is 0 Å². The van der Waals surface area contributed by atoms with E-state index in [-0.39, 0.29) is 0 Å². The number of imidazole rings is 1. The second kappa shape index (κ2) is 4.72. The van der Waals surface area contributed by atoms with E-state index in [1.165, 1.54) is 24.1 Å². The van der Waals surface area contributed by atoms with Gasteiger partial charge in [0.1, 0.15) is 0 Å². The van der Waals surface area contributed by atoms with Crippen LogP contribution < -0.4 is 5.32 Å². The topological polar surface area (TPSA) is 29.9 Å². The van der Waals surface area contributed by atoms with Crippen molar-refractivity contribution in [3.05, 3.63) is 41.7 Å². The maximum Gasteiger partial charge on any atom is 0.207 e. The van der Waals surface area contributed by atoms with E-state index in [2.05, 4.69) is 59.2 Å². The van der Waals surface area contributed by atoms with Gasteiger partial charge in [-0.05, 0) is 43.4 Å². The Bertz CT molecular complexity index is 562. The van der Waals surface area contributed by atoms with Crippen LogP contribution in [-0.4, -0.2) is 15.6 Å². The number of aryl methyl sites for hydroxylation is 1. The van der Waals surface area contributed by atoms with Gasteiger partial charge in [0, 0.05) is 17.9 Å². The highest BCUT2D eigenvalue weighted by Crippen LogP contribution is 2.26. The van der Waals surface area contributed by atoms with Crippen LogP contribution in [0.25, 0.3) is 5.69 Å². The summed E-state index contributed by atoms with van der Waals surface area (Å²) in [6.07, 6.45) is 4.62. The molecule has 1 saturated carbocycles. The molecule has 0 unspecified atom stereocenters. The predicted octanol–water partition coefficient (Wildman–Crippen LogP) is 3.88. The fraction of sp³-hybridized carbons (Fsp3) is 0.438. The summed E-state index contributed by atoms with van der Waals surface area (Å²) in [5, 5.41) is 3.49. The molecule has 1 fully saturated rings. The second-order valence-electron chi connectivity index (χ2n) is 5.74. The van der Waals surface area contributed by atoms with Gasteiger partial charge in [-0.25, -0.2) is 4.98 Å². The number of benzene rings is 1. The zero-order valence-corrected chi connectivity index (χ0v) is 11.9. The van der Waals surface area contributed by atoms with E-state index in [1.54, 1.807) is 0 Å². The molecule has 1 N–H and O–H groups in total. The quantitative estimate of drug-likeness (QED) is 0.898. The molecule has 0 bridgehead atoms. The molecule has 0 radical (unpaired) electrons. The highest BCUT2D eigenvalue weighted by Gasteiger charge is 2.23. The molecule has 1 aliphatic rings. The van der Waals surface area contributed by atoms with Crippen LogP contribution in [0.3, 0.4) is 0 Å². The van der Waals surface area contributed by atoms with Crippen LogP contribution in [0.15, 0.2) is 30.5 Å². The molecular weight excluding hydrogens is 234 g/mol. The minimum Gasteiger partial charge on any atom is -0.353 e. The summed E-state index contributed by atoms with van der Waals surface area (Å²) in [5.41, 5.74) is 3.60. The molecular formula is C16H21N3. The van der Waals surface area contributed by atoms with Gasteiger partial charge in [0.15, 0.2) is 0 Å². The monoisotopic (exact) mass is 255 g/mol. The summed E-state index contributed by atoms with van der Waals surface area (Å²) in [5.74, 6) is 1.54. The Hall–Kier alpha value is -1.77. The molecule has 1 aliphatic carbocycles. The minimum atomic E-state index is 0.572. The van der Waals surface area contributed by atoms with E-state index < -0.39 is 0 Å². The van der Waals surface area contributed by atoms with Crippen molar-refractivity contribution in [2.24, 2.45) is 0 Å². The van der Waals surface area contributed by atoms with Crippen molar-refractivity contribution in [2.45, 2.75) is 45.6 Å². The molecule has 3 rings (SSSR count). The van der Waals surface area contributed by atoms with E-state index in [0.717, 1.165) is 11.6 Å². The fourth-order valence-electron chi connectivity index (χ4n) is 2.23. The van der Waals surface area contributed by atoms with Crippen LogP contribution >= 0.6 is 0 Å². The number of anilines is 1. The number of nitrogens with zero attached hydrogens (tertiary/aromatic N) is 2. The average Bonchev–Trinajstić information content (AvgIpc) is 3.12. The first-order valence-corrected chi connectivity index (χ1v) is 7.06. The fourth-order valence-corrected chi connectivity index (χ4v) is 2.23. The lowest BCUT2D eigenvalue weighted by atomic mass is 10.0. The zero-order chi connectivity index (χ0) is 13.4. The van der Waals surface area contributed by atoms with Gasteiger partial charge in [0.25, 0.3) is 0 Å². The molecule has 1 heterocycles. The lowest BCUT2D eigenvalue weighted by Gasteiger charge is -2.11. The van der Waals surface area contributed by atoms with Crippen LogP contribution in [0.4, 0.5) is 5.95 Å². The van der Waals surface area contributed by atoms with Gasteiger partial charge in [-0.15, -0.1) is 0 Å². The standard InChI is InChI=1S/C16H21N3/c1-11(2)13-4-8-15(9-5-13)19-10-12(3)17-16(19)18-14-6-7-14/h4-5,8-11,14H,6-7H2,1-3H3,(H,17,18). The summed E-state index contributed by atoms with van der Waals surface area (Å²) >= 11 is 0. The van der Waals surface area contributed by atoms with Crippen molar-refractivity contribution >= 4 is 5.95 Å². The first-order valence-electron chi connectivity index (χ1n) is 7.06. The molecule has 0 spiro atoms. The number of aromatic nitrogens is 2. The van der Waals surface area contributed by atoms with Crippen molar-refractivity contribution in [1.82, 2.24) is 9.55 Å². The largest absolute Gasteiger partial charge is 0.353 e.